The number of phosphoric acid groups is 2. The van der Waals surface area contributed by atoms with Gasteiger partial charge in [-0.05, 0) is 43.4 Å². The first-order valence-electron chi connectivity index (χ1n) is 41.9. The summed E-state index contributed by atoms with van der Waals surface area (Å²) < 4.78 is 68.7. The summed E-state index contributed by atoms with van der Waals surface area (Å²) >= 11 is 0. The normalized spacial score (nSPS) is 14.5. The highest BCUT2D eigenvalue weighted by atomic mass is 31.2. The Kier molecular flexibility index (Phi) is 69.9. The Bertz CT molecular complexity index is 1940. The van der Waals surface area contributed by atoms with Gasteiger partial charge in [-0.25, -0.2) is 9.13 Å². The standard InChI is InChI=1S/C81H158O17P2/c1-8-11-12-13-14-15-16-23-27-34-43-50-57-64-80(85)98-77(69-92-79(84)63-56-49-42-37-36-38-45-52-59-72(4)5)71-96-100(89,90)94-67-75(82)66-93-99(87,88)95-70-76(68-91-78(83)62-55-48-41-33-30-29-32-40-47-54-61-74(7)10-3)97-81(86)65-58-51-44-35-28-25-22-20-18-17-19-21-24-26-31-39-46-53-60-73(6)9-2/h72-77,82H,8-71H2,1-7H3,(H,87,88)(H,89,90)/t73?,74?,75-,76-,77-/m1/s1. The second kappa shape index (κ2) is 71.3. The van der Waals surface area contributed by atoms with Crippen LogP contribution in [0.1, 0.15) is 421 Å². The maximum absolute atomic E-state index is 13.1. The Morgan fingerprint density at radius 1 is 0.290 bits per heavy atom. The number of unbranched alkanes of at least 4 members (excludes halogenated alkanes) is 45. The monoisotopic (exact) mass is 1470 g/mol. The van der Waals surface area contributed by atoms with Gasteiger partial charge in [0.2, 0.25) is 0 Å². The molecule has 0 radical (unpaired) electrons. The third-order valence-corrected chi connectivity index (χ3v) is 21.5. The maximum Gasteiger partial charge on any atom is 0.472 e. The van der Waals surface area contributed by atoms with E-state index in [1.807, 2.05) is 0 Å². The topological polar surface area (TPSA) is 237 Å². The Hall–Kier alpha value is -1.94. The quantitative estimate of drug-likeness (QED) is 0.0222. The summed E-state index contributed by atoms with van der Waals surface area (Å²) in [6.07, 6.45) is 59.6. The highest BCUT2D eigenvalue weighted by Gasteiger charge is 2.30. The Balaban J connectivity index is 5.22. The summed E-state index contributed by atoms with van der Waals surface area (Å²) in [7, 11) is -9.92. The van der Waals surface area contributed by atoms with E-state index in [1.165, 1.54) is 231 Å². The van der Waals surface area contributed by atoms with Crippen LogP contribution in [0.3, 0.4) is 0 Å². The second-order valence-corrected chi connectivity index (χ2v) is 33.0. The molecule has 0 bridgehead atoms. The molecule has 17 nitrogen and oxygen atoms in total. The van der Waals surface area contributed by atoms with Gasteiger partial charge < -0.3 is 33.8 Å². The number of carbonyl (C=O) groups excluding carboxylic acids is 4. The lowest BCUT2D eigenvalue weighted by molar-refractivity contribution is -0.161. The summed E-state index contributed by atoms with van der Waals surface area (Å²) in [5.74, 6) is 0.296. The number of rotatable bonds is 79. The molecule has 0 aromatic rings. The van der Waals surface area contributed by atoms with Crippen LogP contribution in [0.2, 0.25) is 0 Å². The van der Waals surface area contributed by atoms with E-state index < -0.39 is 97.5 Å². The molecule has 0 aromatic carbocycles. The lowest BCUT2D eigenvalue weighted by atomic mass is 9.99. The number of carbonyl (C=O) groups is 4. The van der Waals surface area contributed by atoms with Crippen molar-refractivity contribution in [2.45, 2.75) is 439 Å². The van der Waals surface area contributed by atoms with Gasteiger partial charge in [0.05, 0.1) is 26.4 Å². The highest BCUT2D eigenvalue weighted by Crippen LogP contribution is 2.45. The van der Waals surface area contributed by atoms with Crippen LogP contribution >= 0.6 is 15.6 Å². The molecule has 19 heteroatoms. The Morgan fingerprint density at radius 3 is 0.760 bits per heavy atom. The molecule has 7 atom stereocenters. The van der Waals surface area contributed by atoms with Gasteiger partial charge in [-0.1, -0.05) is 370 Å². The van der Waals surface area contributed by atoms with Gasteiger partial charge in [0.25, 0.3) is 0 Å². The number of hydrogen-bond donors (Lipinski definition) is 3. The maximum atomic E-state index is 13.1. The van der Waals surface area contributed by atoms with Crippen molar-refractivity contribution in [3.05, 3.63) is 0 Å². The fourth-order valence-corrected chi connectivity index (χ4v) is 14.0. The van der Waals surface area contributed by atoms with Crippen LogP contribution in [0.15, 0.2) is 0 Å². The molecule has 0 aliphatic heterocycles. The summed E-state index contributed by atoms with van der Waals surface area (Å²) in [6.45, 7) is 12.0. The fourth-order valence-electron chi connectivity index (χ4n) is 12.4. The first kappa shape index (κ1) is 98.1. The van der Waals surface area contributed by atoms with Gasteiger partial charge in [-0.2, -0.15) is 0 Å². The molecule has 0 aliphatic rings. The predicted octanol–water partition coefficient (Wildman–Crippen LogP) is 24.1. The highest BCUT2D eigenvalue weighted by molar-refractivity contribution is 7.47. The number of ether oxygens (including phenoxy) is 4. The number of phosphoric ester groups is 2. The van der Waals surface area contributed by atoms with Crippen LogP contribution in [-0.4, -0.2) is 96.7 Å². The zero-order valence-electron chi connectivity index (χ0n) is 65.7. The molecule has 0 aliphatic carbocycles. The van der Waals surface area contributed by atoms with E-state index in [0.717, 1.165) is 108 Å². The smallest absolute Gasteiger partial charge is 0.462 e. The number of aliphatic hydroxyl groups excluding tert-OH is 1. The Morgan fingerprint density at radius 2 is 0.510 bits per heavy atom. The largest absolute Gasteiger partial charge is 0.472 e. The molecule has 0 saturated heterocycles. The average molecular weight is 1470 g/mol. The predicted molar refractivity (Wildman–Crippen MR) is 409 cm³/mol. The van der Waals surface area contributed by atoms with Crippen molar-refractivity contribution >= 4 is 39.5 Å². The summed E-state index contributed by atoms with van der Waals surface area (Å²) in [5.41, 5.74) is 0. The minimum absolute atomic E-state index is 0.107. The van der Waals surface area contributed by atoms with Crippen molar-refractivity contribution < 1.29 is 80.2 Å². The van der Waals surface area contributed by atoms with E-state index in [-0.39, 0.29) is 25.7 Å². The number of aliphatic hydroxyl groups is 1. The third-order valence-electron chi connectivity index (χ3n) is 19.6. The van der Waals surface area contributed by atoms with Crippen LogP contribution in [0.5, 0.6) is 0 Å². The zero-order chi connectivity index (χ0) is 73.7. The van der Waals surface area contributed by atoms with Crippen LogP contribution in [-0.2, 0) is 65.4 Å². The molecular formula is C81H158O17P2. The summed E-state index contributed by atoms with van der Waals surface area (Å²) in [4.78, 5) is 73.0. The van der Waals surface area contributed by atoms with Crippen molar-refractivity contribution in [2.75, 3.05) is 39.6 Å². The van der Waals surface area contributed by atoms with E-state index in [0.29, 0.717) is 25.7 Å². The average Bonchev–Trinajstić information content (AvgIpc) is 0.981. The van der Waals surface area contributed by atoms with Crippen molar-refractivity contribution in [2.24, 2.45) is 17.8 Å². The second-order valence-electron chi connectivity index (χ2n) is 30.1. The molecule has 0 fully saturated rings. The van der Waals surface area contributed by atoms with E-state index in [1.54, 1.807) is 0 Å². The lowest BCUT2D eigenvalue weighted by Gasteiger charge is -2.21. The van der Waals surface area contributed by atoms with Crippen LogP contribution in [0, 0.1) is 17.8 Å². The Labute approximate surface area is 613 Å². The van der Waals surface area contributed by atoms with Crippen LogP contribution < -0.4 is 0 Å². The van der Waals surface area contributed by atoms with Crippen molar-refractivity contribution in [1.82, 2.24) is 0 Å². The molecule has 100 heavy (non-hydrogen) atoms. The first-order chi connectivity index (χ1) is 48.3. The van der Waals surface area contributed by atoms with E-state index >= 15 is 0 Å². The van der Waals surface area contributed by atoms with Crippen molar-refractivity contribution in [1.29, 1.82) is 0 Å². The minimum Gasteiger partial charge on any atom is -0.462 e. The van der Waals surface area contributed by atoms with Gasteiger partial charge in [0.15, 0.2) is 12.2 Å². The molecule has 0 aromatic heterocycles. The van der Waals surface area contributed by atoms with E-state index in [2.05, 4.69) is 48.5 Å². The molecule has 0 heterocycles. The van der Waals surface area contributed by atoms with Gasteiger partial charge in [0, 0.05) is 25.7 Å². The van der Waals surface area contributed by atoms with Gasteiger partial charge in [-0.15, -0.1) is 0 Å². The van der Waals surface area contributed by atoms with Gasteiger partial charge >= 0.3 is 39.5 Å². The third kappa shape index (κ3) is 71.7. The molecule has 0 rings (SSSR count). The van der Waals surface area contributed by atoms with Crippen molar-refractivity contribution in [3.63, 3.8) is 0 Å². The van der Waals surface area contributed by atoms with Crippen LogP contribution in [0.4, 0.5) is 0 Å². The molecule has 4 unspecified atom stereocenters. The van der Waals surface area contributed by atoms with Gasteiger partial charge in [0.1, 0.15) is 19.3 Å². The van der Waals surface area contributed by atoms with Crippen molar-refractivity contribution in [3.8, 4) is 0 Å². The molecule has 3 N–H and O–H groups in total. The fraction of sp³-hybridized carbons (Fsp3) is 0.951. The summed E-state index contributed by atoms with van der Waals surface area (Å²) in [6, 6.07) is 0. The van der Waals surface area contributed by atoms with E-state index in [4.69, 9.17) is 37.0 Å². The zero-order valence-corrected chi connectivity index (χ0v) is 67.5. The molecule has 594 valence electrons. The molecular weight excluding hydrogens is 1310 g/mol. The van der Waals surface area contributed by atoms with E-state index in [9.17, 15) is 43.2 Å². The van der Waals surface area contributed by atoms with Gasteiger partial charge in [-0.3, -0.25) is 37.3 Å². The minimum atomic E-state index is -4.96. The first-order valence-corrected chi connectivity index (χ1v) is 44.9. The number of hydrogen-bond acceptors (Lipinski definition) is 15. The lowest BCUT2D eigenvalue weighted by Crippen LogP contribution is -2.30. The summed E-state index contributed by atoms with van der Waals surface area (Å²) in [5, 5.41) is 10.6. The molecule has 0 amide bonds. The van der Waals surface area contributed by atoms with Crippen LogP contribution in [0.25, 0.3) is 0 Å². The molecule has 0 saturated carbocycles. The SMILES string of the molecule is CCCCCCCCCCCCCCCC(=O)O[C@H](COC(=O)CCCCCCCCCCC(C)C)COP(=O)(O)OC[C@H](O)COP(=O)(O)OC[C@@H](COC(=O)CCCCCCCCCCCCC(C)CC)OC(=O)CCCCCCCCCCCCCCCCCCCCC(C)CC. The number of esters is 4. The molecule has 0 spiro atoms.